The van der Waals surface area contributed by atoms with Crippen LogP contribution in [0.25, 0.3) is 6.08 Å². The first kappa shape index (κ1) is 44.3. The molecule has 1 amide bonds. The number of rotatable bonds is 16. The fourth-order valence-corrected chi connectivity index (χ4v) is 9.04. The minimum absolute atomic E-state index is 0.0167. The Hall–Kier alpha value is -4.76. The number of fused-ring (bicyclic) bond motifs is 5. The number of halogens is 1. The Balaban J connectivity index is 1.06. The number of benzene rings is 1. The molecule has 318 valence electrons. The van der Waals surface area contributed by atoms with E-state index in [0.29, 0.717) is 30.4 Å². The molecule has 1 unspecified atom stereocenters. The number of carbonyl (C=O) groups is 5. The lowest BCUT2D eigenvalue weighted by atomic mass is 9.44. The number of esters is 1. The van der Waals surface area contributed by atoms with Crippen LogP contribution in [0.2, 0.25) is 0 Å². The topological polar surface area (TPSA) is 257 Å². The molecule has 1 aromatic rings. The first-order valence-corrected chi connectivity index (χ1v) is 18.7. The molecule has 0 bridgehead atoms. The minimum Gasteiger partial charge on any atom is -0.493 e. The summed E-state index contributed by atoms with van der Waals surface area (Å²) in [6, 6.07) is 4.39. The number of unbranched alkanes of at least 4 members (excludes halogenated alkanes) is 1. The molecule has 3 fully saturated rings. The van der Waals surface area contributed by atoms with Crippen molar-refractivity contribution in [1.82, 2.24) is 10.7 Å². The van der Waals surface area contributed by atoms with E-state index in [1.165, 1.54) is 62.6 Å². The largest absolute Gasteiger partial charge is 0.514 e. The van der Waals surface area contributed by atoms with Gasteiger partial charge in [0.25, 0.3) is 0 Å². The van der Waals surface area contributed by atoms with Crippen LogP contribution in [0.3, 0.4) is 0 Å². The highest BCUT2D eigenvalue weighted by Crippen LogP contribution is 2.69. The van der Waals surface area contributed by atoms with E-state index in [4.69, 9.17) is 34.1 Å². The van der Waals surface area contributed by atoms with Gasteiger partial charge in [0.15, 0.2) is 35.2 Å². The van der Waals surface area contributed by atoms with Gasteiger partial charge in [0.05, 0.1) is 44.5 Å². The Labute approximate surface area is 332 Å². The average Bonchev–Trinajstić information content (AvgIpc) is 3.38. The predicted octanol–water partition coefficient (Wildman–Crippen LogP) is 2.93. The summed E-state index contributed by atoms with van der Waals surface area (Å²) in [5.74, 6) is -3.42. The molecule has 19 heteroatoms. The van der Waals surface area contributed by atoms with E-state index in [1.54, 1.807) is 6.92 Å². The maximum absolute atomic E-state index is 17.3. The van der Waals surface area contributed by atoms with Crippen molar-refractivity contribution < 1.29 is 82.6 Å². The predicted molar refractivity (Wildman–Crippen MR) is 195 cm³/mol. The molecule has 5 rings (SSSR count). The molecular weight excluding hydrogens is 771 g/mol. The van der Waals surface area contributed by atoms with Crippen molar-refractivity contribution in [2.45, 2.75) is 75.9 Å². The van der Waals surface area contributed by atoms with Gasteiger partial charge in [-0.15, -0.1) is 0 Å². The van der Waals surface area contributed by atoms with Crippen molar-refractivity contribution in [2.75, 3.05) is 40.1 Å². The number of carbonyl (C=O) groups excluding carboxylic acids is 5. The van der Waals surface area contributed by atoms with Crippen LogP contribution in [0.5, 0.6) is 11.5 Å². The van der Waals surface area contributed by atoms with E-state index >= 15 is 4.39 Å². The third-order valence-electron chi connectivity index (χ3n) is 12.0. The molecule has 4 aliphatic carbocycles. The second-order valence-electron chi connectivity index (χ2n) is 15.1. The molecule has 0 heterocycles. The van der Waals surface area contributed by atoms with Crippen molar-refractivity contribution in [2.24, 2.45) is 22.7 Å². The SMILES string of the molecule is COc1cc(/C=C/C(=O)OCCCCON(O)O)ccc1OC(=O)OCCNC(=O)OCC(=O)C1(O)[C@H](O)C[C@H]2[C@@H]3CCC4=CC(=O)C=C[C@]4(C)[C@@]3(F)[C@@H](O)C[C@@]21C. The van der Waals surface area contributed by atoms with E-state index in [0.717, 1.165) is 0 Å². The molecular formula is C39H49FN2O16. The summed E-state index contributed by atoms with van der Waals surface area (Å²) < 4.78 is 42.8. The molecule has 18 nitrogen and oxygen atoms in total. The van der Waals surface area contributed by atoms with E-state index in [1.807, 2.05) is 0 Å². The normalized spacial score (nSPS) is 31.1. The highest BCUT2D eigenvalue weighted by atomic mass is 19.1. The van der Waals surface area contributed by atoms with Crippen LogP contribution in [0.4, 0.5) is 14.0 Å². The van der Waals surface area contributed by atoms with Crippen molar-refractivity contribution in [1.29, 1.82) is 0 Å². The summed E-state index contributed by atoms with van der Waals surface area (Å²) in [6.45, 7) is 1.63. The van der Waals surface area contributed by atoms with Gasteiger partial charge in [-0.1, -0.05) is 24.6 Å². The number of hydrogen-bond acceptors (Lipinski definition) is 17. The summed E-state index contributed by atoms with van der Waals surface area (Å²) in [6.07, 6.45) is 2.10. The first-order chi connectivity index (χ1) is 27.4. The Morgan fingerprint density at radius 1 is 1.00 bits per heavy atom. The van der Waals surface area contributed by atoms with E-state index < -0.39 is 82.1 Å². The molecule has 0 aromatic heterocycles. The first-order valence-electron chi connectivity index (χ1n) is 18.7. The molecule has 8 atom stereocenters. The van der Waals surface area contributed by atoms with Gasteiger partial charge in [0.1, 0.15) is 6.61 Å². The molecule has 1 aromatic carbocycles. The zero-order chi connectivity index (χ0) is 42.5. The number of alkyl carbamates (subject to hydrolysis) is 1. The highest BCUT2D eigenvalue weighted by molar-refractivity contribution is 6.01. The summed E-state index contributed by atoms with van der Waals surface area (Å²) in [5.41, 5.74) is -6.44. The van der Waals surface area contributed by atoms with Crippen LogP contribution >= 0.6 is 0 Å². The van der Waals surface area contributed by atoms with E-state index in [-0.39, 0.29) is 62.9 Å². The van der Waals surface area contributed by atoms with Crippen molar-refractivity contribution in [3.05, 3.63) is 53.6 Å². The molecule has 0 spiro atoms. The molecule has 58 heavy (non-hydrogen) atoms. The lowest BCUT2D eigenvalue weighted by molar-refractivity contribution is -0.492. The number of alkyl halides is 1. The van der Waals surface area contributed by atoms with E-state index in [2.05, 4.69) is 10.2 Å². The Bertz CT molecular complexity index is 1840. The van der Waals surface area contributed by atoms with E-state index in [9.17, 15) is 39.3 Å². The lowest BCUT2D eigenvalue weighted by Gasteiger charge is -2.62. The van der Waals surface area contributed by atoms with Crippen LogP contribution in [-0.2, 0) is 33.4 Å². The third-order valence-corrected chi connectivity index (χ3v) is 12.0. The third kappa shape index (κ3) is 8.66. The zero-order valence-electron chi connectivity index (χ0n) is 32.3. The summed E-state index contributed by atoms with van der Waals surface area (Å²) in [5, 5.41) is 53.2. The second-order valence-corrected chi connectivity index (χ2v) is 15.1. The lowest BCUT2D eigenvalue weighted by Crippen LogP contribution is -2.69. The van der Waals surface area contributed by atoms with Crippen LogP contribution in [0.1, 0.15) is 57.9 Å². The summed E-state index contributed by atoms with van der Waals surface area (Å²) in [4.78, 5) is 66.7. The Morgan fingerprint density at radius 2 is 1.74 bits per heavy atom. The Morgan fingerprint density at radius 3 is 2.47 bits per heavy atom. The number of allylic oxidation sites excluding steroid dienone is 4. The molecule has 0 saturated heterocycles. The zero-order valence-corrected chi connectivity index (χ0v) is 32.3. The van der Waals surface area contributed by atoms with Gasteiger partial charge in [-0.2, -0.15) is 0 Å². The fourth-order valence-electron chi connectivity index (χ4n) is 9.04. The number of methoxy groups -OCH3 is 1. The smallest absolute Gasteiger partial charge is 0.493 e. The highest BCUT2D eigenvalue weighted by Gasteiger charge is 2.76. The second kappa shape index (κ2) is 18.0. The van der Waals surface area contributed by atoms with Gasteiger partial charge >= 0.3 is 18.2 Å². The van der Waals surface area contributed by atoms with Crippen LogP contribution < -0.4 is 14.8 Å². The molecule has 0 radical (unpaired) electrons. The fraction of sp³-hybridized carbons (Fsp3) is 0.564. The number of ketones is 2. The number of nitrogens with zero attached hydrogens (tertiary/aromatic N) is 1. The van der Waals surface area contributed by atoms with Gasteiger partial charge in [-0.05, 0) is 87.3 Å². The maximum Gasteiger partial charge on any atom is 0.514 e. The summed E-state index contributed by atoms with van der Waals surface area (Å²) in [7, 11) is 1.33. The summed E-state index contributed by atoms with van der Waals surface area (Å²) >= 11 is 0. The number of hydrogen-bond donors (Lipinski definition) is 6. The number of amides is 1. The molecule has 6 N–H and O–H groups in total. The van der Waals surface area contributed by atoms with Crippen LogP contribution in [0.15, 0.2) is 48.1 Å². The minimum atomic E-state index is -2.48. The Kier molecular flexibility index (Phi) is 13.8. The van der Waals surface area contributed by atoms with Crippen molar-refractivity contribution >= 4 is 35.9 Å². The van der Waals surface area contributed by atoms with Crippen molar-refractivity contribution in [3.63, 3.8) is 0 Å². The molecule has 4 aliphatic rings. The van der Waals surface area contributed by atoms with Gasteiger partial charge in [-0.25, -0.2) is 18.8 Å². The van der Waals surface area contributed by atoms with Gasteiger partial charge in [0, 0.05) is 22.8 Å². The number of aliphatic hydroxyl groups excluding tert-OH is 2. The van der Waals surface area contributed by atoms with Crippen LogP contribution in [-0.4, -0.2) is 124 Å². The monoisotopic (exact) mass is 820 g/mol. The number of Topliss-reactive ketones (excluding diaryl/α,β-unsaturated/α-hetero) is 1. The number of aliphatic hydroxyl groups is 3. The number of nitrogens with one attached hydrogen (secondary N) is 1. The quantitative estimate of drug-likeness (QED) is 0.0350. The van der Waals surface area contributed by atoms with Gasteiger partial charge in [0.2, 0.25) is 5.78 Å². The van der Waals surface area contributed by atoms with Gasteiger partial charge in [-0.3, -0.25) is 24.8 Å². The molecule has 0 aliphatic heterocycles. The molecule has 3 saturated carbocycles. The number of ether oxygens (including phenoxy) is 5. The van der Waals surface area contributed by atoms with Crippen LogP contribution in [0, 0.1) is 22.7 Å². The average molecular weight is 821 g/mol. The van der Waals surface area contributed by atoms with Gasteiger partial charge < -0.3 is 44.3 Å². The maximum atomic E-state index is 17.3. The van der Waals surface area contributed by atoms with Crippen molar-refractivity contribution in [3.8, 4) is 11.5 Å². The standard InChI is InChI=1S/C39H49FN2O16/c1-36-13-12-25(43)19-24(36)8-9-26-27-20-30(44)39(50,37(27,2)21-31(45)38(26,36)40)32(46)22-56-34(48)41-14-17-55-35(49)58-28-10-6-23(18-29(28)53-3)7-11-33(47)54-15-4-5-16-57-42(51)52/h6-7,10-13,18-19,26-27,30-31,44-45,50-52H,4-5,8-9,14-17,20-22H2,1-3H3,(H,41,48)/b11-7+/t26-,27-,30+,31-,36-,37-,38-,39?/m0/s1.